The van der Waals surface area contributed by atoms with Gasteiger partial charge in [0.2, 0.25) is 0 Å². The summed E-state index contributed by atoms with van der Waals surface area (Å²) in [5.74, 6) is 0. The first-order valence-electron chi connectivity index (χ1n) is 16.1. The van der Waals surface area contributed by atoms with Gasteiger partial charge in [0.15, 0.2) is 0 Å². The van der Waals surface area contributed by atoms with E-state index in [1.165, 1.54) is 27.9 Å². The molecule has 4 N–H and O–H groups in total. The Kier molecular flexibility index (Phi) is 12.4. The zero-order chi connectivity index (χ0) is 33.1. The Morgan fingerprint density at radius 2 is 1.26 bits per heavy atom. The second-order valence-corrected chi connectivity index (χ2v) is 11.9. The highest BCUT2D eigenvalue weighted by molar-refractivity contribution is 5.56. The van der Waals surface area contributed by atoms with Crippen molar-refractivity contribution >= 4 is 11.4 Å². The highest BCUT2D eigenvalue weighted by Crippen LogP contribution is 2.27. The van der Waals surface area contributed by atoms with Crippen molar-refractivity contribution in [2.75, 3.05) is 49.7 Å². The number of aryl methyl sites for hydroxylation is 3. The molecule has 0 radical (unpaired) electrons. The highest BCUT2D eigenvalue weighted by Gasteiger charge is 2.23. The van der Waals surface area contributed by atoms with Crippen LogP contribution < -0.4 is 21.3 Å². The Morgan fingerprint density at radius 3 is 1.83 bits per heavy atom. The average Bonchev–Trinajstić information content (AvgIpc) is 3.75. The predicted molar refractivity (Wildman–Crippen MR) is 190 cm³/mol. The normalized spacial score (nSPS) is 18.3. The molecule has 0 bridgehead atoms. The summed E-state index contributed by atoms with van der Waals surface area (Å²) < 4.78 is 0. The molecule has 10 nitrogen and oxygen atoms in total. The molecule has 0 spiro atoms. The molecule has 46 heavy (non-hydrogen) atoms. The quantitative estimate of drug-likeness (QED) is 0.366. The first-order chi connectivity index (χ1) is 22.2. The lowest BCUT2D eigenvalue weighted by Gasteiger charge is -2.30. The molecule has 0 amide bonds. The van der Waals surface area contributed by atoms with Gasteiger partial charge in [-0.15, -0.1) is 0 Å². The molecule has 1 aromatic carbocycles. The summed E-state index contributed by atoms with van der Waals surface area (Å²) in [7, 11) is 2.08. The number of pyridine rings is 2. The summed E-state index contributed by atoms with van der Waals surface area (Å²) in [5.41, 5.74) is 18.7. The fourth-order valence-corrected chi connectivity index (χ4v) is 5.55. The first-order valence-corrected chi connectivity index (χ1v) is 16.1. The van der Waals surface area contributed by atoms with E-state index in [2.05, 4.69) is 142 Å². The summed E-state index contributed by atoms with van der Waals surface area (Å²) in [6.07, 6.45) is 20.8. The van der Waals surface area contributed by atoms with Crippen molar-refractivity contribution in [2.24, 2.45) is 11.5 Å². The van der Waals surface area contributed by atoms with Crippen LogP contribution in [0, 0.1) is 20.8 Å². The fourth-order valence-electron chi connectivity index (χ4n) is 5.55. The summed E-state index contributed by atoms with van der Waals surface area (Å²) in [6, 6.07) is 12.6. The standard InChI is InChI=1S/C13H19N3.C12H18N4.C11H15N3/c1-12-4-2-3-5-13(12)10-16-9-8-15(11-16)7-6-14;1-10-3-5-14-9-12(10)16-8-7-15(6-4-13)11(16)2;1-9-4-5-12-8-11(9)14-7-6-13(3)10(14)2/h2-5,8-9H,6-7,10-11,14H2,1H3;3,5,7-9,11H,4,6,13H2,1-2H3;4-8,10H,1-3H3/t;11-;10-/m.00/s1. The van der Waals surface area contributed by atoms with E-state index in [1.807, 2.05) is 36.9 Å². The molecule has 0 unspecified atom stereocenters. The van der Waals surface area contributed by atoms with Gasteiger partial charge in [-0.25, -0.2) is 0 Å². The fraction of sp³-hybridized carbons (Fsp3) is 0.389. The minimum Gasteiger partial charge on any atom is -0.359 e. The summed E-state index contributed by atoms with van der Waals surface area (Å²) in [4.78, 5) is 21.7. The SMILES string of the molecule is Cc1ccccc1CN1C=CN(CCN)C1.Cc1ccncc1N1C=CN(C)[C@@H]1C.Cc1ccncc1N1C=CN(CCN)[C@@H]1C. The predicted octanol–water partition coefficient (Wildman–Crippen LogP) is 4.75. The van der Waals surface area contributed by atoms with E-state index in [0.29, 0.717) is 25.4 Å². The second kappa shape index (κ2) is 16.7. The van der Waals surface area contributed by atoms with Crippen molar-refractivity contribution in [3.8, 4) is 0 Å². The van der Waals surface area contributed by atoms with E-state index in [9.17, 15) is 0 Å². The molecule has 0 saturated carbocycles. The molecule has 6 rings (SSSR count). The molecule has 0 fully saturated rings. The van der Waals surface area contributed by atoms with Crippen molar-refractivity contribution in [1.82, 2.24) is 29.6 Å². The number of nitrogens with zero attached hydrogens (tertiary/aromatic N) is 8. The molecule has 0 saturated heterocycles. The number of rotatable bonds is 8. The van der Waals surface area contributed by atoms with Gasteiger partial charge in [-0.2, -0.15) is 0 Å². The van der Waals surface area contributed by atoms with E-state index >= 15 is 0 Å². The number of hydrogen-bond donors (Lipinski definition) is 2. The van der Waals surface area contributed by atoms with Gasteiger partial charge in [-0.05, 0) is 69.0 Å². The van der Waals surface area contributed by atoms with Gasteiger partial charge in [-0.1, -0.05) is 24.3 Å². The molecule has 2 atom stereocenters. The maximum absolute atomic E-state index is 5.58. The first kappa shape index (κ1) is 34.3. The van der Waals surface area contributed by atoms with Crippen molar-refractivity contribution < 1.29 is 0 Å². The smallest absolute Gasteiger partial charge is 0.103 e. The van der Waals surface area contributed by atoms with Gasteiger partial charge in [-0.3, -0.25) is 9.97 Å². The molecule has 2 aromatic heterocycles. The highest BCUT2D eigenvalue weighted by atomic mass is 15.4. The Morgan fingerprint density at radius 1 is 0.674 bits per heavy atom. The van der Waals surface area contributed by atoms with Crippen molar-refractivity contribution in [3.05, 3.63) is 121 Å². The maximum Gasteiger partial charge on any atom is 0.103 e. The molecule has 10 heteroatoms. The molecule has 246 valence electrons. The number of aromatic nitrogens is 2. The van der Waals surface area contributed by atoms with Gasteiger partial charge < -0.3 is 40.9 Å². The number of nitrogens with two attached hydrogens (primary N) is 2. The lowest BCUT2D eigenvalue weighted by Crippen LogP contribution is -2.38. The minimum absolute atomic E-state index is 0.312. The van der Waals surface area contributed by atoms with Gasteiger partial charge in [0.25, 0.3) is 0 Å². The van der Waals surface area contributed by atoms with Crippen molar-refractivity contribution in [1.29, 1.82) is 0 Å². The van der Waals surface area contributed by atoms with Crippen LogP contribution in [0.2, 0.25) is 0 Å². The van der Waals surface area contributed by atoms with Gasteiger partial charge in [0.1, 0.15) is 12.3 Å². The van der Waals surface area contributed by atoms with Crippen LogP contribution in [0.3, 0.4) is 0 Å². The molecular weight excluding hydrogens is 572 g/mol. The zero-order valence-electron chi connectivity index (χ0n) is 28.4. The summed E-state index contributed by atoms with van der Waals surface area (Å²) in [6.45, 7) is 15.8. The van der Waals surface area contributed by atoms with E-state index < -0.39 is 0 Å². The third kappa shape index (κ3) is 8.80. The third-order valence-electron chi connectivity index (χ3n) is 8.62. The van der Waals surface area contributed by atoms with Crippen LogP contribution in [-0.4, -0.2) is 81.8 Å². The lowest BCUT2D eigenvalue weighted by molar-refractivity contribution is 0.264. The topological polar surface area (TPSA) is 97.3 Å². The summed E-state index contributed by atoms with van der Waals surface area (Å²) >= 11 is 0. The Hall–Kier alpha value is -4.54. The van der Waals surface area contributed by atoms with E-state index in [0.717, 1.165) is 32.0 Å². The molecule has 3 aliphatic rings. The third-order valence-corrected chi connectivity index (χ3v) is 8.62. The van der Waals surface area contributed by atoms with Gasteiger partial charge in [0.05, 0.1) is 30.4 Å². The largest absolute Gasteiger partial charge is 0.359 e. The Labute approximate surface area is 275 Å². The molecule has 5 heterocycles. The number of hydrogen-bond acceptors (Lipinski definition) is 10. The number of anilines is 2. The Bertz CT molecular complexity index is 1470. The van der Waals surface area contributed by atoms with Crippen LogP contribution in [0.15, 0.2) is 98.4 Å². The van der Waals surface area contributed by atoms with Crippen molar-refractivity contribution in [3.63, 3.8) is 0 Å². The van der Waals surface area contributed by atoms with Crippen LogP contribution in [0.25, 0.3) is 0 Å². The van der Waals surface area contributed by atoms with E-state index in [-0.39, 0.29) is 0 Å². The maximum atomic E-state index is 5.58. The summed E-state index contributed by atoms with van der Waals surface area (Å²) in [5, 5.41) is 0. The molecule has 3 aliphatic heterocycles. The Balaban J connectivity index is 0.000000157. The van der Waals surface area contributed by atoms with E-state index in [4.69, 9.17) is 11.5 Å². The molecule has 0 aliphatic carbocycles. The van der Waals surface area contributed by atoms with Crippen molar-refractivity contribution in [2.45, 2.75) is 53.5 Å². The monoisotopic (exact) mass is 624 g/mol. The van der Waals surface area contributed by atoms with Crippen LogP contribution in [0.1, 0.15) is 36.1 Å². The average molecular weight is 625 g/mol. The van der Waals surface area contributed by atoms with E-state index in [1.54, 1.807) is 0 Å². The molecule has 3 aromatic rings. The molecular formula is C36H52N10. The van der Waals surface area contributed by atoms with Crippen LogP contribution in [0.5, 0.6) is 0 Å². The van der Waals surface area contributed by atoms with Crippen LogP contribution in [0.4, 0.5) is 11.4 Å². The van der Waals surface area contributed by atoms with Gasteiger partial charge >= 0.3 is 0 Å². The second-order valence-electron chi connectivity index (χ2n) is 11.9. The zero-order valence-corrected chi connectivity index (χ0v) is 28.4. The minimum atomic E-state index is 0.312. The lowest BCUT2D eigenvalue weighted by atomic mass is 10.1. The van der Waals surface area contributed by atoms with Crippen LogP contribution in [-0.2, 0) is 6.54 Å². The van der Waals surface area contributed by atoms with Crippen LogP contribution >= 0.6 is 0 Å². The van der Waals surface area contributed by atoms with Gasteiger partial charge in [0, 0.05) is 89.4 Å². The number of benzene rings is 1.